The van der Waals surface area contributed by atoms with Gasteiger partial charge in [-0.05, 0) is 6.92 Å². The quantitative estimate of drug-likeness (QED) is 0.707. The van der Waals surface area contributed by atoms with E-state index in [9.17, 15) is 18.0 Å². The molecular formula is C10H10F3N3O. The summed E-state index contributed by atoms with van der Waals surface area (Å²) in [5.74, 6) is 0. The highest BCUT2D eigenvalue weighted by atomic mass is 19.4. The molecule has 17 heavy (non-hydrogen) atoms. The second kappa shape index (κ2) is 3.35. The number of pyridine rings is 1. The van der Waals surface area contributed by atoms with Crippen molar-refractivity contribution in [3.8, 4) is 0 Å². The first-order valence-corrected chi connectivity index (χ1v) is 4.83. The normalized spacial score (nSPS) is 12.4. The van der Waals surface area contributed by atoms with Crippen LogP contribution in [0.4, 0.5) is 13.2 Å². The van der Waals surface area contributed by atoms with E-state index in [0.717, 1.165) is 4.57 Å². The zero-order valence-electron chi connectivity index (χ0n) is 9.46. The fourth-order valence-corrected chi connectivity index (χ4v) is 1.97. The van der Waals surface area contributed by atoms with E-state index >= 15 is 0 Å². The summed E-state index contributed by atoms with van der Waals surface area (Å²) in [6.45, 7) is 1.18. The molecule has 0 atom stereocenters. The van der Waals surface area contributed by atoms with Crippen molar-refractivity contribution < 1.29 is 13.2 Å². The average molecular weight is 245 g/mol. The summed E-state index contributed by atoms with van der Waals surface area (Å²) < 4.78 is 40.8. The third kappa shape index (κ3) is 1.53. The Morgan fingerprint density at radius 3 is 2.41 bits per heavy atom. The second-order valence-electron chi connectivity index (χ2n) is 3.89. The summed E-state index contributed by atoms with van der Waals surface area (Å²) >= 11 is 0. The van der Waals surface area contributed by atoms with Crippen LogP contribution < -0.4 is 5.43 Å². The third-order valence-corrected chi connectivity index (χ3v) is 2.75. The number of rotatable bonds is 0. The Morgan fingerprint density at radius 2 is 1.88 bits per heavy atom. The lowest BCUT2D eigenvalue weighted by molar-refractivity contribution is -0.143. The highest BCUT2D eigenvalue weighted by molar-refractivity contribution is 5.73. The SMILES string of the molecule is Cc1c(C(F)(F)F)n(C)c2ncn(C)c2c1=O. The predicted octanol–water partition coefficient (Wildman–Crippen LogP) is 1.60. The molecule has 0 aliphatic heterocycles. The second-order valence-corrected chi connectivity index (χ2v) is 3.89. The van der Waals surface area contributed by atoms with Crippen LogP contribution in [0.1, 0.15) is 11.3 Å². The van der Waals surface area contributed by atoms with Crippen molar-refractivity contribution in [3.63, 3.8) is 0 Å². The van der Waals surface area contributed by atoms with Gasteiger partial charge in [-0.25, -0.2) is 4.98 Å². The van der Waals surface area contributed by atoms with E-state index in [1.54, 1.807) is 7.05 Å². The van der Waals surface area contributed by atoms with Crippen molar-refractivity contribution in [1.29, 1.82) is 0 Å². The van der Waals surface area contributed by atoms with Crippen LogP contribution in [-0.2, 0) is 20.3 Å². The molecule has 2 aromatic heterocycles. The van der Waals surface area contributed by atoms with Crippen molar-refractivity contribution in [3.05, 3.63) is 27.8 Å². The largest absolute Gasteiger partial charge is 0.431 e. The maximum atomic E-state index is 12.8. The zero-order chi connectivity index (χ0) is 13.0. The molecule has 0 N–H and O–H groups in total. The lowest BCUT2D eigenvalue weighted by atomic mass is 10.2. The van der Waals surface area contributed by atoms with Crippen LogP contribution in [0.3, 0.4) is 0 Å². The molecule has 0 aliphatic rings. The van der Waals surface area contributed by atoms with Gasteiger partial charge in [-0.15, -0.1) is 0 Å². The molecule has 0 bridgehead atoms. The average Bonchev–Trinajstić information content (AvgIpc) is 2.55. The number of nitrogens with zero attached hydrogens (tertiary/aromatic N) is 3. The van der Waals surface area contributed by atoms with Crippen LogP contribution in [0, 0.1) is 6.92 Å². The lowest BCUT2D eigenvalue weighted by Crippen LogP contribution is -2.24. The minimum atomic E-state index is -4.57. The molecule has 0 amide bonds. The summed E-state index contributed by atoms with van der Waals surface area (Å²) in [5, 5.41) is 0. The van der Waals surface area contributed by atoms with E-state index in [2.05, 4.69) is 4.98 Å². The van der Waals surface area contributed by atoms with E-state index in [-0.39, 0.29) is 16.7 Å². The monoisotopic (exact) mass is 245 g/mol. The molecule has 0 fully saturated rings. The van der Waals surface area contributed by atoms with Gasteiger partial charge in [-0.3, -0.25) is 4.79 Å². The number of aromatic nitrogens is 3. The Balaban J connectivity index is 3.04. The fraction of sp³-hybridized carbons (Fsp3) is 0.400. The van der Waals surface area contributed by atoms with Crippen LogP contribution in [0.15, 0.2) is 11.1 Å². The maximum absolute atomic E-state index is 12.8. The van der Waals surface area contributed by atoms with Crippen molar-refractivity contribution in [2.24, 2.45) is 14.1 Å². The number of alkyl halides is 3. The van der Waals surface area contributed by atoms with Gasteiger partial charge in [0.1, 0.15) is 11.2 Å². The number of hydrogen-bond donors (Lipinski definition) is 0. The van der Waals surface area contributed by atoms with Gasteiger partial charge in [0.25, 0.3) is 0 Å². The molecule has 7 heteroatoms. The number of fused-ring (bicyclic) bond motifs is 1. The van der Waals surface area contributed by atoms with Crippen LogP contribution in [0.2, 0.25) is 0 Å². The molecule has 2 rings (SSSR count). The molecule has 0 aliphatic carbocycles. The molecule has 2 heterocycles. The van der Waals surface area contributed by atoms with E-state index in [0.29, 0.717) is 0 Å². The first-order chi connectivity index (χ1) is 7.75. The fourth-order valence-electron chi connectivity index (χ4n) is 1.97. The molecule has 0 radical (unpaired) electrons. The van der Waals surface area contributed by atoms with Gasteiger partial charge in [0.05, 0.1) is 6.33 Å². The highest BCUT2D eigenvalue weighted by Gasteiger charge is 2.37. The topological polar surface area (TPSA) is 39.8 Å². The zero-order valence-corrected chi connectivity index (χ0v) is 9.46. The predicted molar refractivity (Wildman–Crippen MR) is 55.7 cm³/mol. The molecule has 92 valence electrons. The van der Waals surface area contributed by atoms with Crippen LogP contribution >= 0.6 is 0 Å². The van der Waals surface area contributed by atoms with Crippen LogP contribution in [-0.4, -0.2) is 14.1 Å². The summed E-state index contributed by atoms with van der Waals surface area (Å²) in [6.07, 6.45) is -3.24. The van der Waals surface area contributed by atoms with Gasteiger partial charge >= 0.3 is 6.18 Å². The van der Waals surface area contributed by atoms with Crippen molar-refractivity contribution in [2.75, 3.05) is 0 Å². The lowest BCUT2D eigenvalue weighted by Gasteiger charge is -2.15. The summed E-state index contributed by atoms with van der Waals surface area (Å²) in [5.41, 5.74) is -1.68. The van der Waals surface area contributed by atoms with E-state index in [1.807, 2.05) is 0 Å². The Morgan fingerprint density at radius 1 is 1.29 bits per heavy atom. The van der Waals surface area contributed by atoms with Crippen LogP contribution in [0.5, 0.6) is 0 Å². The summed E-state index contributed by atoms with van der Waals surface area (Å²) in [4.78, 5) is 15.7. The number of hydrogen-bond acceptors (Lipinski definition) is 2. The minimum Gasteiger partial charge on any atom is -0.329 e. The summed E-state index contributed by atoms with van der Waals surface area (Å²) in [6, 6.07) is 0. The number of aryl methyl sites for hydroxylation is 2. The van der Waals surface area contributed by atoms with E-state index < -0.39 is 17.3 Å². The Labute approximate surface area is 94.3 Å². The van der Waals surface area contributed by atoms with E-state index in [4.69, 9.17) is 0 Å². The Hall–Kier alpha value is -1.79. The molecule has 2 aromatic rings. The molecule has 0 saturated carbocycles. The van der Waals surface area contributed by atoms with Gasteiger partial charge in [0, 0.05) is 19.7 Å². The molecule has 0 saturated heterocycles. The van der Waals surface area contributed by atoms with Gasteiger partial charge in [0.15, 0.2) is 5.65 Å². The first kappa shape index (κ1) is 11.7. The van der Waals surface area contributed by atoms with Crippen molar-refractivity contribution in [1.82, 2.24) is 14.1 Å². The Bertz CT molecular complexity index is 651. The summed E-state index contributed by atoms with van der Waals surface area (Å²) in [7, 11) is 2.83. The van der Waals surface area contributed by atoms with Gasteiger partial charge < -0.3 is 9.13 Å². The molecular weight excluding hydrogens is 235 g/mol. The smallest absolute Gasteiger partial charge is 0.329 e. The van der Waals surface area contributed by atoms with Gasteiger partial charge in [0.2, 0.25) is 5.43 Å². The molecule has 0 spiro atoms. The highest BCUT2D eigenvalue weighted by Crippen LogP contribution is 2.31. The number of halogens is 3. The van der Waals surface area contributed by atoms with Gasteiger partial charge in [-0.1, -0.05) is 0 Å². The standard InChI is InChI=1S/C10H10F3N3O/c1-5-7(17)6-9(14-4-15(6)2)16(3)8(5)10(11,12)13/h4H,1-3H3. The maximum Gasteiger partial charge on any atom is 0.431 e. The van der Waals surface area contributed by atoms with Gasteiger partial charge in [-0.2, -0.15) is 13.2 Å². The minimum absolute atomic E-state index is 0.0374. The third-order valence-electron chi connectivity index (χ3n) is 2.75. The van der Waals surface area contributed by atoms with Crippen molar-refractivity contribution >= 4 is 11.2 Å². The van der Waals surface area contributed by atoms with Crippen LogP contribution in [0.25, 0.3) is 11.2 Å². The Kier molecular flexibility index (Phi) is 2.30. The molecule has 0 unspecified atom stereocenters. The van der Waals surface area contributed by atoms with Crippen molar-refractivity contribution in [2.45, 2.75) is 13.1 Å². The first-order valence-electron chi connectivity index (χ1n) is 4.83. The number of imidazole rings is 1. The van der Waals surface area contributed by atoms with E-state index in [1.165, 1.54) is 24.9 Å². The molecule has 0 aromatic carbocycles. The molecule has 4 nitrogen and oxygen atoms in total.